The zero-order valence-corrected chi connectivity index (χ0v) is 18.6. The highest BCUT2D eigenvalue weighted by atomic mass is 16.7. The lowest BCUT2D eigenvalue weighted by molar-refractivity contribution is -0.156. The average molecular weight is 413 g/mol. The molecule has 1 aliphatic rings. The number of carboxylic acid groups (broad SMARTS) is 2. The first-order valence-corrected chi connectivity index (χ1v) is 11.1. The third-order valence-corrected chi connectivity index (χ3v) is 5.70. The molecule has 0 bridgehead atoms. The second kappa shape index (κ2) is 13.0. The van der Waals surface area contributed by atoms with Crippen LogP contribution in [0, 0.1) is 17.8 Å². The topological polar surface area (TPSA) is 93.1 Å². The minimum Gasteiger partial charge on any atom is -0.479 e. The van der Waals surface area contributed by atoms with E-state index in [0.717, 1.165) is 24.7 Å². The van der Waals surface area contributed by atoms with Crippen molar-refractivity contribution in [2.75, 3.05) is 0 Å². The van der Waals surface area contributed by atoms with Gasteiger partial charge in [0.1, 0.15) is 0 Å². The summed E-state index contributed by atoms with van der Waals surface area (Å²) in [5.74, 6) is -0.460. The van der Waals surface area contributed by atoms with E-state index in [0.29, 0.717) is 17.9 Å². The summed E-state index contributed by atoms with van der Waals surface area (Å²) in [7, 11) is 0. The van der Waals surface area contributed by atoms with E-state index >= 15 is 0 Å². The Labute approximate surface area is 175 Å². The van der Waals surface area contributed by atoms with Crippen molar-refractivity contribution >= 4 is 11.9 Å². The fraction of sp³-hybridized carbons (Fsp3) is 0.826. The number of ether oxygens (including phenoxy) is 2. The van der Waals surface area contributed by atoms with Gasteiger partial charge >= 0.3 is 11.9 Å². The van der Waals surface area contributed by atoms with Gasteiger partial charge in [0, 0.05) is 0 Å². The predicted molar refractivity (Wildman–Crippen MR) is 113 cm³/mol. The van der Waals surface area contributed by atoms with Crippen molar-refractivity contribution < 1.29 is 29.3 Å². The average Bonchev–Trinajstić information content (AvgIpc) is 3.07. The Balaban J connectivity index is 2.20. The Hall–Kier alpha value is -1.40. The summed E-state index contributed by atoms with van der Waals surface area (Å²) in [5.41, 5.74) is 0.603. The van der Waals surface area contributed by atoms with E-state index in [-0.39, 0.29) is 0 Å². The summed E-state index contributed by atoms with van der Waals surface area (Å²) in [4.78, 5) is 22.3. The summed E-state index contributed by atoms with van der Waals surface area (Å²) >= 11 is 0. The summed E-state index contributed by atoms with van der Waals surface area (Å²) in [6, 6.07) is 0. The monoisotopic (exact) mass is 412 g/mol. The van der Waals surface area contributed by atoms with Gasteiger partial charge in [-0.2, -0.15) is 0 Å². The molecule has 0 aliphatic carbocycles. The summed E-state index contributed by atoms with van der Waals surface area (Å²) < 4.78 is 10.5. The van der Waals surface area contributed by atoms with Crippen molar-refractivity contribution in [2.24, 2.45) is 17.8 Å². The summed E-state index contributed by atoms with van der Waals surface area (Å²) in [6.45, 7) is 13.1. The summed E-state index contributed by atoms with van der Waals surface area (Å²) in [5, 5.41) is 18.2. The highest BCUT2D eigenvalue weighted by Gasteiger charge is 2.46. The molecule has 29 heavy (non-hydrogen) atoms. The fourth-order valence-electron chi connectivity index (χ4n) is 3.78. The van der Waals surface area contributed by atoms with Gasteiger partial charge in [-0.3, -0.25) is 0 Å². The molecule has 168 valence electrons. The molecule has 0 aromatic carbocycles. The fourth-order valence-corrected chi connectivity index (χ4v) is 3.78. The van der Waals surface area contributed by atoms with E-state index < -0.39 is 30.4 Å². The minimum atomic E-state index is -1.49. The smallest absolute Gasteiger partial charge is 0.336 e. The number of carboxylic acids is 2. The first kappa shape index (κ1) is 25.6. The van der Waals surface area contributed by atoms with Gasteiger partial charge < -0.3 is 19.7 Å². The lowest BCUT2D eigenvalue weighted by Crippen LogP contribution is -2.36. The molecule has 1 rings (SSSR count). The lowest BCUT2D eigenvalue weighted by Gasteiger charge is -2.16. The molecule has 1 fully saturated rings. The number of aliphatic carboxylic acids is 2. The van der Waals surface area contributed by atoms with Crippen LogP contribution < -0.4 is 0 Å². The molecule has 0 amide bonds. The maximum atomic E-state index is 11.1. The molecule has 1 heterocycles. The van der Waals surface area contributed by atoms with Crippen LogP contribution >= 0.6 is 0 Å². The molecule has 4 atom stereocenters. The molecule has 6 nitrogen and oxygen atoms in total. The van der Waals surface area contributed by atoms with Crippen LogP contribution in [0.15, 0.2) is 12.2 Å². The van der Waals surface area contributed by atoms with Gasteiger partial charge in [-0.15, -0.1) is 0 Å². The highest BCUT2D eigenvalue weighted by molar-refractivity contribution is 5.84. The molecule has 0 radical (unpaired) electrons. The van der Waals surface area contributed by atoms with Crippen molar-refractivity contribution in [3.05, 3.63) is 12.2 Å². The number of rotatable bonds is 15. The third kappa shape index (κ3) is 9.77. The van der Waals surface area contributed by atoms with Crippen molar-refractivity contribution in [3.63, 3.8) is 0 Å². The number of hydrogen-bond donors (Lipinski definition) is 2. The molecule has 0 aromatic heterocycles. The van der Waals surface area contributed by atoms with Gasteiger partial charge in [-0.05, 0) is 36.2 Å². The SMILES string of the molecule is C=C(CCCC(C)CCCC(C)CCCC(C)C)C1O[C@@H](C(=O)O)[C@H](C(=O)O)O1. The first-order chi connectivity index (χ1) is 13.6. The highest BCUT2D eigenvalue weighted by Crippen LogP contribution is 2.28. The molecule has 0 aromatic rings. The van der Waals surface area contributed by atoms with E-state index in [1.54, 1.807) is 0 Å². The Kier molecular flexibility index (Phi) is 11.5. The van der Waals surface area contributed by atoms with Crippen LogP contribution in [-0.2, 0) is 19.1 Å². The van der Waals surface area contributed by atoms with Gasteiger partial charge in [-0.25, -0.2) is 9.59 Å². The van der Waals surface area contributed by atoms with Crippen LogP contribution in [0.25, 0.3) is 0 Å². The maximum absolute atomic E-state index is 11.1. The molecule has 6 heteroatoms. The van der Waals surface area contributed by atoms with Crippen LogP contribution in [-0.4, -0.2) is 40.6 Å². The van der Waals surface area contributed by atoms with Gasteiger partial charge in [-0.1, -0.05) is 79.2 Å². The minimum absolute atomic E-state index is 0.603. The molecular weight excluding hydrogens is 372 g/mol. The normalized spacial score (nSPS) is 22.0. The van der Waals surface area contributed by atoms with Crippen LogP contribution in [0.5, 0.6) is 0 Å². The van der Waals surface area contributed by atoms with Gasteiger partial charge in [0.25, 0.3) is 0 Å². The van der Waals surface area contributed by atoms with E-state index in [4.69, 9.17) is 19.7 Å². The second-order valence-corrected chi connectivity index (χ2v) is 9.14. The maximum Gasteiger partial charge on any atom is 0.336 e. The third-order valence-electron chi connectivity index (χ3n) is 5.70. The predicted octanol–water partition coefficient (Wildman–Crippen LogP) is 5.26. The van der Waals surface area contributed by atoms with Crippen molar-refractivity contribution in [1.29, 1.82) is 0 Å². The molecule has 0 saturated carbocycles. The quantitative estimate of drug-likeness (QED) is 0.356. The lowest BCUT2D eigenvalue weighted by atomic mass is 9.91. The van der Waals surface area contributed by atoms with Gasteiger partial charge in [0.15, 0.2) is 18.5 Å². The zero-order chi connectivity index (χ0) is 22.0. The van der Waals surface area contributed by atoms with E-state index in [2.05, 4.69) is 34.3 Å². The Morgan fingerprint density at radius 2 is 1.21 bits per heavy atom. The molecule has 0 spiro atoms. The molecule has 1 saturated heterocycles. The number of hydrogen-bond acceptors (Lipinski definition) is 4. The second-order valence-electron chi connectivity index (χ2n) is 9.14. The van der Waals surface area contributed by atoms with Crippen LogP contribution in [0.4, 0.5) is 0 Å². The standard InChI is InChI=1S/C23H40O6/c1-15(2)9-6-10-16(3)11-7-12-17(4)13-8-14-18(5)23-28-19(21(24)25)20(29-23)22(26)27/h15-17,19-20,23H,5-14H2,1-4H3,(H,24,25)(H,26,27)/t16?,17?,19-,20-/m1/s1. The van der Waals surface area contributed by atoms with E-state index in [1.807, 2.05) is 0 Å². The van der Waals surface area contributed by atoms with Crippen LogP contribution in [0.2, 0.25) is 0 Å². The molecule has 2 unspecified atom stereocenters. The molecule has 1 aliphatic heterocycles. The molecular formula is C23H40O6. The van der Waals surface area contributed by atoms with Crippen molar-refractivity contribution in [1.82, 2.24) is 0 Å². The first-order valence-electron chi connectivity index (χ1n) is 11.1. The summed E-state index contributed by atoms with van der Waals surface area (Å²) in [6.07, 6.45) is 6.37. The van der Waals surface area contributed by atoms with Gasteiger partial charge in [0.2, 0.25) is 0 Å². The largest absolute Gasteiger partial charge is 0.479 e. The van der Waals surface area contributed by atoms with E-state index in [9.17, 15) is 9.59 Å². The zero-order valence-electron chi connectivity index (χ0n) is 18.6. The van der Waals surface area contributed by atoms with Crippen LogP contribution in [0.3, 0.4) is 0 Å². The van der Waals surface area contributed by atoms with Crippen molar-refractivity contribution in [3.8, 4) is 0 Å². The van der Waals surface area contributed by atoms with Gasteiger partial charge in [0.05, 0.1) is 0 Å². The van der Waals surface area contributed by atoms with E-state index in [1.165, 1.54) is 38.5 Å². The van der Waals surface area contributed by atoms with Crippen LogP contribution in [0.1, 0.15) is 85.5 Å². The van der Waals surface area contributed by atoms with Crippen molar-refractivity contribution in [2.45, 2.75) is 104 Å². The Morgan fingerprint density at radius 3 is 1.62 bits per heavy atom. The Bertz CT molecular complexity index is 507. The Morgan fingerprint density at radius 1 is 0.793 bits per heavy atom. The number of carbonyl (C=O) groups is 2. The molecule has 2 N–H and O–H groups in total.